The van der Waals surface area contributed by atoms with Crippen LogP contribution in [-0.4, -0.2) is 39.1 Å². The quantitative estimate of drug-likeness (QED) is 0.791. The highest BCUT2D eigenvalue weighted by atomic mass is 16.7. The lowest BCUT2D eigenvalue weighted by Gasteiger charge is -2.19. The van der Waals surface area contributed by atoms with Crippen LogP contribution < -0.4 is 18.9 Å². The lowest BCUT2D eigenvalue weighted by molar-refractivity contribution is 0.106. The van der Waals surface area contributed by atoms with Crippen molar-refractivity contribution in [3.63, 3.8) is 0 Å². The molecular formula is C20H19NO5. The fourth-order valence-electron chi connectivity index (χ4n) is 3.43. The monoisotopic (exact) mass is 353 g/mol. The summed E-state index contributed by atoms with van der Waals surface area (Å²) in [6.45, 7) is 2.62. The molecule has 134 valence electrons. The number of hydrogen-bond donors (Lipinski definition) is 0. The SMILES string of the molecule is COc1ccc(C(=O)C2=NCCc3cc4c(cc32)OCO4)c(C)c1OC. The largest absolute Gasteiger partial charge is 0.493 e. The first-order valence-corrected chi connectivity index (χ1v) is 8.37. The van der Waals surface area contributed by atoms with Crippen LogP contribution in [0.2, 0.25) is 0 Å². The minimum atomic E-state index is -0.136. The topological polar surface area (TPSA) is 66.4 Å². The summed E-state index contributed by atoms with van der Waals surface area (Å²) in [7, 11) is 3.13. The van der Waals surface area contributed by atoms with Crippen molar-refractivity contribution in [2.45, 2.75) is 13.3 Å². The average Bonchev–Trinajstić information content (AvgIpc) is 3.12. The van der Waals surface area contributed by atoms with Crippen molar-refractivity contribution in [3.05, 3.63) is 46.5 Å². The Morgan fingerprint density at radius 2 is 1.88 bits per heavy atom. The molecule has 0 N–H and O–H groups in total. The molecular weight excluding hydrogens is 334 g/mol. The number of benzene rings is 2. The molecule has 2 aliphatic heterocycles. The second kappa shape index (κ2) is 6.37. The number of aliphatic imine (C=N–C) groups is 1. The molecule has 0 amide bonds. The molecule has 6 heteroatoms. The van der Waals surface area contributed by atoms with Crippen molar-refractivity contribution in [1.29, 1.82) is 0 Å². The highest BCUT2D eigenvalue weighted by molar-refractivity contribution is 6.52. The molecule has 0 saturated carbocycles. The van der Waals surface area contributed by atoms with Crippen LogP contribution in [0.1, 0.15) is 27.0 Å². The summed E-state index contributed by atoms with van der Waals surface area (Å²) >= 11 is 0. The number of hydrogen-bond acceptors (Lipinski definition) is 6. The van der Waals surface area contributed by atoms with E-state index in [4.69, 9.17) is 18.9 Å². The summed E-state index contributed by atoms with van der Waals surface area (Å²) < 4.78 is 21.6. The summed E-state index contributed by atoms with van der Waals surface area (Å²) in [6.07, 6.45) is 0.771. The van der Waals surface area contributed by atoms with Gasteiger partial charge in [0, 0.05) is 23.2 Å². The number of carbonyl (C=O) groups excluding carboxylic acids is 1. The summed E-state index contributed by atoms with van der Waals surface area (Å²) in [4.78, 5) is 17.8. The first-order valence-electron chi connectivity index (χ1n) is 8.37. The molecule has 6 nitrogen and oxygen atoms in total. The lowest BCUT2D eigenvalue weighted by atomic mass is 9.90. The van der Waals surface area contributed by atoms with Crippen LogP contribution in [0.15, 0.2) is 29.3 Å². The van der Waals surface area contributed by atoms with Crippen molar-refractivity contribution in [3.8, 4) is 23.0 Å². The molecule has 0 saturated heterocycles. The van der Waals surface area contributed by atoms with Gasteiger partial charge in [-0.3, -0.25) is 9.79 Å². The maximum absolute atomic E-state index is 13.3. The highest BCUT2D eigenvalue weighted by Gasteiger charge is 2.28. The van der Waals surface area contributed by atoms with E-state index >= 15 is 0 Å². The Morgan fingerprint density at radius 1 is 1.12 bits per heavy atom. The predicted molar refractivity (Wildman–Crippen MR) is 96.3 cm³/mol. The van der Waals surface area contributed by atoms with Crippen molar-refractivity contribution in [2.24, 2.45) is 4.99 Å². The van der Waals surface area contributed by atoms with Gasteiger partial charge < -0.3 is 18.9 Å². The van der Waals surface area contributed by atoms with Gasteiger partial charge in [0.25, 0.3) is 0 Å². The second-order valence-corrected chi connectivity index (χ2v) is 6.15. The second-order valence-electron chi connectivity index (χ2n) is 6.15. The number of ether oxygens (including phenoxy) is 4. The third kappa shape index (κ3) is 2.49. The minimum absolute atomic E-state index is 0.136. The molecule has 26 heavy (non-hydrogen) atoms. The van der Waals surface area contributed by atoms with Gasteiger partial charge in [-0.1, -0.05) is 0 Å². The number of carbonyl (C=O) groups is 1. The van der Waals surface area contributed by atoms with Crippen LogP contribution in [0.5, 0.6) is 23.0 Å². The van der Waals surface area contributed by atoms with E-state index in [1.165, 1.54) is 0 Å². The molecule has 0 spiro atoms. The minimum Gasteiger partial charge on any atom is -0.493 e. The third-order valence-electron chi connectivity index (χ3n) is 4.76. The van der Waals surface area contributed by atoms with Gasteiger partial charge in [0.05, 0.1) is 14.2 Å². The Morgan fingerprint density at radius 3 is 2.62 bits per heavy atom. The zero-order chi connectivity index (χ0) is 18.3. The summed E-state index contributed by atoms with van der Waals surface area (Å²) in [5.74, 6) is 2.38. The Labute approximate surface area is 151 Å². The normalized spacial score (nSPS) is 14.5. The zero-order valence-electron chi connectivity index (χ0n) is 14.9. The number of rotatable bonds is 4. The van der Waals surface area contributed by atoms with Gasteiger partial charge in [0.15, 0.2) is 23.0 Å². The molecule has 2 aromatic carbocycles. The standard InChI is InChI=1S/C20H19NO5/c1-11-13(4-5-15(23-2)20(11)24-3)19(22)18-14-9-17-16(25-10-26-17)8-12(14)6-7-21-18/h4-5,8-9H,6-7,10H2,1-3H3. The van der Waals surface area contributed by atoms with E-state index in [1.807, 2.05) is 19.1 Å². The van der Waals surface area contributed by atoms with Gasteiger partial charge in [0.2, 0.25) is 12.6 Å². The Balaban J connectivity index is 1.78. The van der Waals surface area contributed by atoms with Crippen molar-refractivity contribution >= 4 is 11.5 Å². The van der Waals surface area contributed by atoms with E-state index in [1.54, 1.807) is 26.4 Å². The first-order chi connectivity index (χ1) is 12.6. The molecule has 0 aliphatic carbocycles. The van der Waals surface area contributed by atoms with Crippen molar-refractivity contribution < 1.29 is 23.7 Å². The first kappa shape index (κ1) is 16.4. The molecule has 0 atom stereocenters. The van der Waals surface area contributed by atoms with Crippen LogP contribution in [0.3, 0.4) is 0 Å². The Bertz CT molecular complexity index is 932. The van der Waals surface area contributed by atoms with Gasteiger partial charge in [0.1, 0.15) is 5.71 Å². The van der Waals surface area contributed by atoms with E-state index in [-0.39, 0.29) is 12.6 Å². The van der Waals surface area contributed by atoms with Gasteiger partial charge in [-0.25, -0.2) is 0 Å². The summed E-state index contributed by atoms with van der Waals surface area (Å²) in [6, 6.07) is 7.29. The number of Topliss-reactive ketones (excluding diaryl/α,β-unsaturated/α-hetero) is 1. The zero-order valence-corrected chi connectivity index (χ0v) is 14.9. The summed E-state index contributed by atoms with van der Waals surface area (Å²) in [5, 5.41) is 0. The molecule has 0 fully saturated rings. The summed E-state index contributed by atoms with van der Waals surface area (Å²) in [5.41, 5.74) is 3.57. The van der Waals surface area contributed by atoms with Crippen molar-refractivity contribution in [2.75, 3.05) is 27.6 Å². The number of ketones is 1. The van der Waals surface area contributed by atoms with Gasteiger partial charge >= 0.3 is 0 Å². The fourth-order valence-corrected chi connectivity index (χ4v) is 3.43. The van der Waals surface area contributed by atoms with Crippen molar-refractivity contribution in [1.82, 2.24) is 0 Å². The van der Waals surface area contributed by atoms with Crippen LogP contribution in [0, 0.1) is 6.92 Å². The molecule has 2 aliphatic rings. The molecule has 0 unspecified atom stereocenters. The lowest BCUT2D eigenvalue weighted by Crippen LogP contribution is -2.23. The van der Waals surface area contributed by atoms with Gasteiger partial charge in [-0.15, -0.1) is 0 Å². The van der Waals surface area contributed by atoms with E-state index < -0.39 is 0 Å². The average molecular weight is 353 g/mol. The Hall–Kier alpha value is -3.02. The van der Waals surface area contributed by atoms with E-state index in [0.717, 1.165) is 28.9 Å². The molecule has 2 heterocycles. The van der Waals surface area contributed by atoms with Crippen LogP contribution >= 0.6 is 0 Å². The van der Waals surface area contributed by atoms with Crippen LogP contribution in [0.25, 0.3) is 0 Å². The number of methoxy groups -OCH3 is 2. The van der Waals surface area contributed by atoms with Gasteiger partial charge in [-0.2, -0.15) is 0 Å². The maximum atomic E-state index is 13.3. The molecule has 0 aromatic heterocycles. The maximum Gasteiger partial charge on any atom is 0.231 e. The van der Waals surface area contributed by atoms with E-state index in [0.29, 0.717) is 35.1 Å². The molecule has 0 bridgehead atoms. The highest BCUT2D eigenvalue weighted by Crippen LogP contribution is 2.38. The van der Waals surface area contributed by atoms with E-state index in [2.05, 4.69) is 4.99 Å². The smallest absolute Gasteiger partial charge is 0.231 e. The predicted octanol–water partition coefficient (Wildman–Crippen LogP) is 2.97. The van der Waals surface area contributed by atoms with E-state index in [9.17, 15) is 4.79 Å². The van der Waals surface area contributed by atoms with Crippen LogP contribution in [-0.2, 0) is 6.42 Å². The number of fused-ring (bicyclic) bond motifs is 2. The third-order valence-corrected chi connectivity index (χ3v) is 4.76. The van der Waals surface area contributed by atoms with Gasteiger partial charge in [-0.05, 0) is 43.2 Å². The fraction of sp³-hybridized carbons (Fsp3) is 0.300. The van der Waals surface area contributed by atoms with Crippen LogP contribution in [0.4, 0.5) is 0 Å². The Kier molecular flexibility index (Phi) is 4.03. The number of nitrogens with zero attached hydrogens (tertiary/aromatic N) is 1. The molecule has 4 rings (SSSR count). The molecule has 0 radical (unpaired) electrons. The molecule has 2 aromatic rings.